The monoisotopic (exact) mass is 314 g/mol. The summed E-state index contributed by atoms with van der Waals surface area (Å²) in [6.45, 7) is 1.16. The SMILES string of the molecule is CN(C1CNC1)S(=O)(=O)c1cccc(Cl)c1F.Cl. The molecule has 0 spiro atoms. The highest BCUT2D eigenvalue weighted by atomic mass is 35.5. The first-order chi connectivity index (χ1) is 7.94. The number of halogens is 3. The summed E-state index contributed by atoms with van der Waals surface area (Å²) in [6.07, 6.45) is 0. The Hall–Kier alpha value is -0.400. The molecular formula is C10H13Cl2FN2O2S. The lowest BCUT2D eigenvalue weighted by molar-refractivity contribution is 0.273. The molecule has 1 heterocycles. The molecule has 4 nitrogen and oxygen atoms in total. The minimum absolute atomic E-state index is 0. The van der Waals surface area contributed by atoms with Crippen molar-refractivity contribution in [1.82, 2.24) is 9.62 Å². The van der Waals surface area contributed by atoms with Crippen LogP contribution < -0.4 is 5.32 Å². The molecule has 0 radical (unpaired) electrons. The van der Waals surface area contributed by atoms with Crippen molar-refractivity contribution in [1.29, 1.82) is 0 Å². The van der Waals surface area contributed by atoms with Gasteiger partial charge >= 0.3 is 0 Å². The van der Waals surface area contributed by atoms with E-state index < -0.39 is 15.8 Å². The van der Waals surface area contributed by atoms with Crippen LogP contribution in [0.2, 0.25) is 5.02 Å². The number of rotatable bonds is 3. The Morgan fingerprint density at radius 1 is 1.44 bits per heavy atom. The second-order valence-electron chi connectivity index (χ2n) is 3.89. The van der Waals surface area contributed by atoms with Gasteiger partial charge in [0.25, 0.3) is 0 Å². The molecule has 0 bridgehead atoms. The summed E-state index contributed by atoms with van der Waals surface area (Å²) < 4.78 is 39.1. The van der Waals surface area contributed by atoms with Crippen molar-refractivity contribution in [3.63, 3.8) is 0 Å². The number of hydrogen-bond acceptors (Lipinski definition) is 3. The molecule has 1 saturated heterocycles. The van der Waals surface area contributed by atoms with Crippen LogP contribution in [0.4, 0.5) is 4.39 Å². The lowest BCUT2D eigenvalue weighted by atomic mass is 10.2. The molecule has 1 aromatic carbocycles. The van der Waals surface area contributed by atoms with E-state index in [1.807, 2.05) is 0 Å². The molecule has 8 heteroatoms. The minimum Gasteiger partial charge on any atom is -0.313 e. The Bertz CT molecular complexity index is 535. The fraction of sp³-hybridized carbons (Fsp3) is 0.400. The van der Waals surface area contributed by atoms with E-state index in [2.05, 4.69) is 5.32 Å². The molecule has 0 aromatic heterocycles. The Balaban J connectivity index is 0.00000162. The summed E-state index contributed by atoms with van der Waals surface area (Å²) in [6, 6.07) is 3.84. The first-order valence-corrected chi connectivity index (χ1v) is 6.89. The topological polar surface area (TPSA) is 49.4 Å². The number of nitrogens with one attached hydrogen (secondary N) is 1. The van der Waals surface area contributed by atoms with Gasteiger partial charge in [0.15, 0.2) is 5.82 Å². The summed E-state index contributed by atoms with van der Waals surface area (Å²) >= 11 is 5.58. The Morgan fingerprint density at radius 2 is 2.06 bits per heavy atom. The highest BCUT2D eigenvalue weighted by Gasteiger charge is 2.33. The molecule has 0 amide bonds. The lowest BCUT2D eigenvalue weighted by Crippen LogP contribution is -2.57. The fourth-order valence-electron chi connectivity index (χ4n) is 1.57. The largest absolute Gasteiger partial charge is 0.313 e. The maximum atomic E-state index is 13.7. The van der Waals surface area contributed by atoms with Gasteiger partial charge in [0.05, 0.1) is 5.02 Å². The van der Waals surface area contributed by atoms with Crippen LogP contribution in [0.25, 0.3) is 0 Å². The molecule has 18 heavy (non-hydrogen) atoms. The van der Waals surface area contributed by atoms with Crippen molar-refractivity contribution in [2.75, 3.05) is 20.1 Å². The second kappa shape index (κ2) is 5.71. The van der Waals surface area contributed by atoms with E-state index in [9.17, 15) is 12.8 Å². The van der Waals surface area contributed by atoms with Crippen molar-refractivity contribution in [2.45, 2.75) is 10.9 Å². The van der Waals surface area contributed by atoms with E-state index in [4.69, 9.17) is 11.6 Å². The normalized spacial score (nSPS) is 16.2. The Kier molecular flexibility index (Phi) is 4.97. The van der Waals surface area contributed by atoms with Gasteiger partial charge in [-0.1, -0.05) is 17.7 Å². The molecule has 1 N–H and O–H groups in total. The number of hydrogen-bond donors (Lipinski definition) is 1. The summed E-state index contributed by atoms with van der Waals surface area (Å²) in [5, 5.41) is 2.78. The van der Waals surface area contributed by atoms with Crippen molar-refractivity contribution < 1.29 is 12.8 Å². The van der Waals surface area contributed by atoms with Gasteiger partial charge in [0.1, 0.15) is 4.90 Å². The predicted molar refractivity (Wildman–Crippen MR) is 70.3 cm³/mol. The zero-order valence-electron chi connectivity index (χ0n) is 9.56. The van der Waals surface area contributed by atoms with E-state index in [1.165, 1.54) is 29.6 Å². The molecule has 0 atom stereocenters. The van der Waals surface area contributed by atoms with Crippen LogP contribution >= 0.6 is 24.0 Å². The van der Waals surface area contributed by atoms with Crippen LogP contribution in [0, 0.1) is 5.82 Å². The lowest BCUT2D eigenvalue weighted by Gasteiger charge is -2.34. The number of likely N-dealkylation sites (N-methyl/N-ethyl adjacent to an activating group) is 1. The van der Waals surface area contributed by atoms with Gasteiger partial charge in [0.2, 0.25) is 10.0 Å². The summed E-state index contributed by atoms with van der Waals surface area (Å²) in [4.78, 5) is -0.376. The minimum atomic E-state index is -3.82. The van der Waals surface area contributed by atoms with Gasteiger partial charge in [-0.15, -0.1) is 12.4 Å². The quantitative estimate of drug-likeness (QED) is 0.919. The second-order valence-corrected chi connectivity index (χ2v) is 6.26. The van der Waals surface area contributed by atoms with Crippen molar-refractivity contribution >= 4 is 34.0 Å². The standard InChI is InChI=1S/C10H12ClFN2O2S.ClH/c1-14(7-5-13-6-7)17(15,16)9-4-2-3-8(11)10(9)12;/h2-4,7,13H,5-6H2,1H3;1H. The molecule has 1 aliphatic heterocycles. The maximum Gasteiger partial charge on any atom is 0.246 e. The molecule has 0 unspecified atom stereocenters. The summed E-state index contributed by atoms with van der Waals surface area (Å²) in [5.74, 6) is -0.895. The molecule has 2 rings (SSSR count). The van der Waals surface area contributed by atoms with E-state index >= 15 is 0 Å². The van der Waals surface area contributed by atoms with E-state index in [0.717, 1.165) is 0 Å². The third kappa shape index (κ3) is 2.62. The molecule has 0 aliphatic carbocycles. The van der Waals surface area contributed by atoms with E-state index in [1.54, 1.807) is 0 Å². The van der Waals surface area contributed by atoms with Crippen LogP contribution in [-0.2, 0) is 10.0 Å². The molecule has 1 aromatic rings. The van der Waals surface area contributed by atoms with Crippen molar-refractivity contribution in [3.8, 4) is 0 Å². The first-order valence-electron chi connectivity index (χ1n) is 5.07. The average Bonchev–Trinajstić information content (AvgIpc) is 2.19. The molecule has 1 fully saturated rings. The van der Waals surface area contributed by atoms with Gasteiger partial charge < -0.3 is 5.32 Å². The van der Waals surface area contributed by atoms with Gasteiger partial charge in [-0.2, -0.15) is 4.31 Å². The van der Waals surface area contributed by atoms with Gasteiger partial charge in [0, 0.05) is 26.2 Å². The van der Waals surface area contributed by atoms with Crippen LogP contribution in [-0.4, -0.2) is 38.9 Å². The van der Waals surface area contributed by atoms with Crippen LogP contribution in [0.5, 0.6) is 0 Å². The molecular weight excluding hydrogens is 302 g/mol. The predicted octanol–water partition coefficient (Wildman–Crippen LogP) is 1.49. The number of benzene rings is 1. The van der Waals surface area contributed by atoms with Crippen LogP contribution in [0.15, 0.2) is 23.1 Å². The van der Waals surface area contributed by atoms with Crippen LogP contribution in [0.1, 0.15) is 0 Å². The van der Waals surface area contributed by atoms with Crippen molar-refractivity contribution in [3.05, 3.63) is 29.0 Å². The third-order valence-electron chi connectivity index (χ3n) is 2.85. The third-order valence-corrected chi connectivity index (χ3v) is 5.07. The highest BCUT2D eigenvalue weighted by molar-refractivity contribution is 7.89. The zero-order chi connectivity index (χ0) is 12.6. The smallest absolute Gasteiger partial charge is 0.246 e. The average molecular weight is 315 g/mol. The fourth-order valence-corrected chi connectivity index (χ4v) is 3.23. The Labute approximate surface area is 117 Å². The van der Waals surface area contributed by atoms with E-state index in [-0.39, 0.29) is 28.4 Å². The zero-order valence-corrected chi connectivity index (χ0v) is 11.9. The highest BCUT2D eigenvalue weighted by Crippen LogP contribution is 2.25. The molecule has 102 valence electrons. The summed E-state index contributed by atoms with van der Waals surface area (Å²) in [5.41, 5.74) is 0. The van der Waals surface area contributed by atoms with Crippen LogP contribution in [0.3, 0.4) is 0 Å². The maximum absolute atomic E-state index is 13.7. The number of nitrogens with zero attached hydrogens (tertiary/aromatic N) is 1. The van der Waals surface area contributed by atoms with Gasteiger partial charge in [-0.05, 0) is 12.1 Å². The number of sulfonamides is 1. The van der Waals surface area contributed by atoms with E-state index in [0.29, 0.717) is 13.1 Å². The Morgan fingerprint density at radius 3 is 2.56 bits per heavy atom. The molecule has 0 saturated carbocycles. The van der Waals surface area contributed by atoms with Gasteiger partial charge in [-0.3, -0.25) is 0 Å². The first kappa shape index (κ1) is 15.7. The van der Waals surface area contributed by atoms with Crippen molar-refractivity contribution in [2.24, 2.45) is 0 Å². The van der Waals surface area contributed by atoms with Gasteiger partial charge in [-0.25, -0.2) is 12.8 Å². The summed E-state index contributed by atoms with van der Waals surface area (Å²) in [7, 11) is -2.37. The molecule has 1 aliphatic rings.